The zero-order chi connectivity index (χ0) is 25.5. The zero-order valence-corrected chi connectivity index (χ0v) is 19.7. The van der Waals surface area contributed by atoms with Crippen LogP contribution in [0.4, 0.5) is 15.8 Å². The summed E-state index contributed by atoms with van der Waals surface area (Å²) >= 11 is 1.15. The highest BCUT2D eigenvalue weighted by atomic mass is 32.2. The molecule has 0 bridgehead atoms. The summed E-state index contributed by atoms with van der Waals surface area (Å²) in [6, 6.07) is 21.9. The van der Waals surface area contributed by atoms with Crippen molar-refractivity contribution in [2.75, 3.05) is 4.90 Å². The van der Waals surface area contributed by atoms with Gasteiger partial charge in [-0.05, 0) is 84.1 Å². The summed E-state index contributed by atoms with van der Waals surface area (Å²) in [5, 5.41) is 1.69. The Kier molecular flexibility index (Phi) is 5.54. The van der Waals surface area contributed by atoms with Crippen molar-refractivity contribution in [3.05, 3.63) is 122 Å². The highest BCUT2D eigenvalue weighted by molar-refractivity contribution is 8.19. The van der Waals surface area contributed by atoms with Crippen LogP contribution < -0.4 is 16.2 Å². The van der Waals surface area contributed by atoms with Gasteiger partial charge >= 0.3 is 11.3 Å². The molecule has 2 aromatic heterocycles. The Balaban J connectivity index is 1.48. The molecular weight excluding hydrogens is 495 g/mol. The first-order valence-electron chi connectivity index (χ1n) is 11.1. The molecule has 1 aliphatic heterocycles. The maximum absolute atomic E-state index is 13.8. The molecule has 180 valence electrons. The lowest BCUT2D eigenvalue weighted by Gasteiger charge is -2.16. The fraction of sp³-hybridized carbons (Fsp3) is 0. The second-order valence-corrected chi connectivity index (χ2v) is 9.16. The van der Waals surface area contributed by atoms with Crippen LogP contribution in [-0.4, -0.2) is 11.1 Å². The second-order valence-electron chi connectivity index (χ2n) is 8.15. The number of rotatable bonds is 3. The van der Waals surface area contributed by atoms with Crippen molar-refractivity contribution >= 4 is 62.2 Å². The molecule has 0 aliphatic carbocycles. The van der Waals surface area contributed by atoms with Gasteiger partial charge in [-0.15, -0.1) is 0 Å². The first-order chi connectivity index (χ1) is 17.9. The summed E-state index contributed by atoms with van der Waals surface area (Å²) < 4.78 is 24.2. The van der Waals surface area contributed by atoms with E-state index in [0.717, 1.165) is 11.8 Å². The standard InChI is InChI=1S/C28H15FN2O5S/c29-19-3-1-2-16(12-19)13-24-27(34)31(21-7-9-23-18(15-21)5-11-26(33)36-23)28(37-24)30-20-6-8-22-17(14-20)4-10-25(32)35-22/h1-15H/b24-13-,30-28?. The van der Waals surface area contributed by atoms with E-state index in [2.05, 4.69) is 0 Å². The molecule has 1 saturated heterocycles. The predicted molar refractivity (Wildman–Crippen MR) is 142 cm³/mol. The topological polar surface area (TPSA) is 93.1 Å². The summed E-state index contributed by atoms with van der Waals surface area (Å²) in [6.07, 6.45) is 1.61. The Bertz CT molecular complexity index is 1910. The van der Waals surface area contributed by atoms with E-state index >= 15 is 0 Å². The molecule has 1 aliphatic rings. The van der Waals surface area contributed by atoms with Crippen molar-refractivity contribution < 1.29 is 18.0 Å². The van der Waals surface area contributed by atoms with Crippen molar-refractivity contribution in [3.63, 3.8) is 0 Å². The van der Waals surface area contributed by atoms with Gasteiger partial charge in [-0.1, -0.05) is 12.1 Å². The van der Waals surface area contributed by atoms with Crippen LogP contribution in [0.1, 0.15) is 5.56 Å². The van der Waals surface area contributed by atoms with Gasteiger partial charge in [0.15, 0.2) is 5.17 Å². The number of benzene rings is 3. The maximum Gasteiger partial charge on any atom is 0.336 e. The number of hydrogen-bond acceptors (Lipinski definition) is 7. The number of thioether (sulfide) groups is 1. The van der Waals surface area contributed by atoms with E-state index in [1.165, 1.54) is 29.2 Å². The number of carbonyl (C=O) groups is 1. The van der Waals surface area contributed by atoms with E-state index in [-0.39, 0.29) is 5.91 Å². The minimum atomic E-state index is -0.470. The van der Waals surface area contributed by atoms with Crippen LogP contribution in [0.3, 0.4) is 0 Å². The fourth-order valence-electron chi connectivity index (χ4n) is 3.96. The molecule has 7 nitrogen and oxygen atoms in total. The normalized spacial score (nSPS) is 15.9. The average molecular weight is 511 g/mol. The average Bonchev–Trinajstić information content (AvgIpc) is 3.18. The number of hydrogen-bond donors (Lipinski definition) is 0. The van der Waals surface area contributed by atoms with Crippen molar-refractivity contribution in [1.82, 2.24) is 0 Å². The van der Waals surface area contributed by atoms with Crippen LogP contribution >= 0.6 is 11.8 Å². The maximum atomic E-state index is 13.8. The Morgan fingerprint density at radius 1 is 0.784 bits per heavy atom. The monoisotopic (exact) mass is 510 g/mol. The lowest BCUT2D eigenvalue weighted by atomic mass is 10.2. The molecule has 0 atom stereocenters. The lowest BCUT2D eigenvalue weighted by molar-refractivity contribution is -0.113. The van der Waals surface area contributed by atoms with Gasteiger partial charge in [-0.2, -0.15) is 0 Å². The largest absolute Gasteiger partial charge is 0.423 e. The fourth-order valence-corrected chi connectivity index (χ4v) is 4.96. The van der Waals surface area contributed by atoms with Gasteiger partial charge in [0.1, 0.15) is 17.0 Å². The van der Waals surface area contributed by atoms with E-state index in [4.69, 9.17) is 13.8 Å². The van der Waals surface area contributed by atoms with Gasteiger partial charge in [-0.3, -0.25) is 9.69 Å². The number of nitrogens with zero attached hydrogens (tertiary/aromatic N) is 2. The van der Waals surface area contributed by atoms with Crippen LogP contribution in [0.25, 0.3) is 28.0 Å². The van der Waals surface area contributed by atoms with E-state index in [1.54, 1.807) is 66.7 Å². The first kappa shape index (κ1) is 22.7. The summed E-state index contributed by atoms with van der Waals surface area (Å²) in [5.41, 5.74) is 1.49. The van der Waals surface area contributed by atoms with Crippen molar-refractivity contribution in [1.29, 1.82) is 0 Å². The van der Waals surface area contributed by atoms with Gasteiger partial charge in [0.05, 0.1) is 16.3 Å². The molecule has 1 amide bonds. The molecule has 0 N–H and O–H groups in total. The Morgan fingerprint density at radius 3 is 2.22 bits per heavy atom. The Hall–Kier alpha value is -4.76. The van der Waals surface area contributed by atoms with Crippen LogP contribution in [0.2, 0.25) is 0 Å². The molecule has 1 fully saturated rings. The third-order valence-electron chi connectivity index (χ3n) is 5.64. The molecule has 6 rings (SSSR count). The van der Waals surface area contributed by atoms with Crippen molar-refractivity contribution in [3.8, 4) is 0 Å². The molecule has 9 heteroatoms. The first-order valence-corrected chi connectivity index (χ1v) is 11.9. The number of amidine groups is 1. The quantitative estimate of drug-likeness (QED) is 0.223. The second kappa shape index (κ2) is 9.03. The summed E-state index contributed by atoms with van der Waals surface area (Å²) in [4.78, 5) is 43.2. The van der Waals surface area contributed by atoms with E-state index in [0.29, 0.717) is 48.9 Å². The molecule has 0 spiro atoms. The molecule has 3 aromatic carbocycles. The van der Waals surface area contributed by atoms with E-state index in [1.807, 2.05) is 0 Å². The molecule has 0 radical (unpaired) electrons. The Morgan fingerprint density at radius 2 is 1.49 bits per heavy atom. The highest BCUT2D eigenvalue weighted by Gasteiger charge is 2.35. The third-order valence-corrected chi connectivity index (χ3v) is 6.61. The number of amides is 1. The zero-order valence-electron chi connectivity index (χ0n) is 18.9. The number of halogens is 1. The molecular formula is C28H15FN2O5S. The number of anilines is 1. The molecule has 3 heterocycles. The van der Waals surface area contributed by atoms with Crippen molar-refractivity contribution in [2.24, 2.45) is 4.99 Å². The number of aliphatic imine (C=N–C) groups is 1. The van der Waals surface area contributed by atoms with Crippen molar-refractivity contribution in [2.45, 2.75) is 0 Å². The minimum Gasteiger partial charge on any atom is -0.423 e. The smallest absolute Gasteiger partial charge is 0.336 e. The number of fused-ring (bicyclic) bond motifs is 2. The summed E-state index contributed by atoms with van der Waals surface area (Å²) in [7, 11) is 0. The van der Waals surface area contributed by atoms with Gasteiger partial charge < -0.3 is 8.83 Å². The van der Waals surface area contributed by atoms with Crippen LogP contribution in [-0.2, 0) is 4.79 Å². The predicted octanol–water partition coefficient (Wildman–Crippen LogP) is 5.85. The van der Waals surface area contributed by atoms with Gasteiger partial charge in [0, 0.05) is 22.9 Å². The SMILES string of the molecule is O=C1/C(=C/c2cccc(F)c2)SC(=Nc2ccc3oc(=O)ccc3c2)N1c1ccc2oc(=O)ccc2c1. The van der Waals surface area contributed by atoms with Crippen LogP contribution in [0.15, 0.2) is 113 Å². The highest BCUT2D eigenvalue weighted by Crippen LogP contribution is 2.38. The van der Waals surface area contributed by atoms with Gasteiger partial charge in [0.2, 0.25) is 0 Å². The summed E-state index contributed by atoms with van der Waals surface area (Å²) in [5.74, 6) is -0.745. The molecule has 37 heavy (non-hydrogen) atoms. The summed E-state index contributed by atoms with van der Waals surface area (Å²) in [6.45, 7) is 0. The third kappa shape index (κ3) is 4.48. The molecule has 5 aromatic rings. The van der Waals surface area contributed by atoms with Crippen LogP contribution in [0, 0.1) is 5.82 Å². The molecule has 0 saturated carbocycles. The Labute approximate surface area is 212 Å². The number of carbonyl (C=O) groups excluding carboxylic acids is 1. The van der Waals surface area contributed by atoms with Gasteiger partial charge in [-0.25, -0.2) is 19.0 Å². The lowest BCUT2D eigenvalue weighted by Crippen LogP contribution is -2.28. The van der Waals surface area contributed by atoms with E-state index in [9.17, 15) is 18.8 Å². The van der Waals surface area contributed by atoms with Crippen LogP contribution in [0.5, 0.6) is 0 Å². The van der Waals surface area contributed by atoms with E-state index < -0.39 is 17.1 Å². The van der Waals surface area contributed by atoms with Gasteiger partial charge in [0.25, 0.3) is 5.91 Å². The minimum absolute atomic E-state index is 0.337. The molecule has 0 unspecified atom stereocenters.